The number of halogens is 3. The summed E-state index contributed by atoms with van der Waals surface area (Å²) in [5.74, 6) is -1.85. The number of hydrogen-bond donors (Lipinski definition) is 1. The van der Waals surface area contributed by atoms with Crippen molar-refractivity contribution in [2.75, 3.05) is 63.5 Å². The highest BCUT2D eigenvalue weighted by Crippen LogP contribution is 2.41. The van der Waals surface area contributed by atoms with E-state index in [1.807, 2.05) is 11.0 Å². The molecule has 0 spiro atoms. The molecule has 1 amide bonds. The van der Waals surface area contributed by atoms with E-state index >= 15 is 4.39 Å². The fraction of sp³-hybridized carbons (Fsp3) is 0.394. The van der Waals surface area contributed by atoms with Gasteiger partial charge in [-0.3, -0.25) is 4.79 Å². The second-order valence-electron chi connectivity index (χ2n) is 11.9. The van der Waals surface area contributed by atoms with Crippen molar-refractivity contribution in [2.24, 2.45) is 0 Å². The zero-order valence-corrected chi connectivity index (χ0v) is 26.9. The highest BCUT2D eigenvalue weighted by molar-refractivity contribution is 6.40. The molecule has 0 saturated carbocycles. The molecule has 2 saturated heterocycles. The summed E-state index contributed by atoms with van der Waals surface area (Å²) in [6.45, 7) is 5.91. The number of likely N-dealkylation sites (N-methyl/N-ethyl adjacent to an activating group) is 2. The molecule has 0 aromatic heterocycles. The summed E-state index contributed by atoms with van der Waals surface area (Å²) in [6, 6.07) is 11.7. The number of hydrogen-bond acceptors (Lipinski definition) is 7. The van der Waals surface area contributed by atoms with Crippen LogP contribution < -0.4 is 14.5 Å². The van der Waals surface area contributed by atoms with Gasteiger partial charge in [-0.05, 0) is 44.7 Å². The van der Waals surface area contributed by atoms with E-state index in [2.05, 4.69) is 23.8 Å². The number of rotatable bonds is 6. The summed E-state index contributed by atoms with van der Waals surface area (Å²) in [5, 5.41) is 10.4. The van der Waals surface area contributed by atoms with Crippen LogP contribution in [0.2, 0.25) is 10.0 Å². The lowest BCUT2D eigenvalue weighted by Gasteiger charge is -2.40. The van der Waals surface area contributed by atoms with Crippen molar-refractivity contribution in [1.29, 1.82) is 0 Å². The molecule has 2 fully saturated rings. The highest BCUT2D eigenvalue weighted by atomic mass is 35.5. The van der Waals surface area contributed by atoms with Crippen molar-refractivity contribution >= 4 is 46.5 Å². The molecule has 1 N–H and O–H groups in total. The number of aromatic carboxylic acids is 1. The van der Waals surface area contributed by atoms with E-state index in [0.29, 0.717) is 35.8 Å². The minimum Gasteiger partial charge on any atom is -0.478 e. The van der Waals surface area contributed by atoms with Gasteiger partial charge in [-0.15, -0.1) is 0 Å². The molecule has 0 bridgehead atoms. The Morgan fingerprint density at radius 2 is 1.84 bits per heavy atom. The zero-order chi connectivity index (χ0) is 32.0. The van der Waals surface area contributed by atoms with Crippen molar-refractivity contribution in [1.82, 2.24) is 9.80 Å². The lowest BCUT2D eigenvalue weighted by Crippen LogP contribution is -2.50. The third kappa shape index (κ3) is 6.04. The van der Waals surface area contributed by atoms with Gasteiger partial charge in [0.1, 0.15) is 11.6 Å². The van der Waals surface area contributed by atoms with Crippen LogP contribution in [0.1, 0.15) is 39.6 Å². The summed E-state index contributed by atoms with van der Waals surface area (Å²) < 4.78 is 27.2. The van der Waals surface area contributed by atoms with Gasteiger partial charge in [-0.2, -0.15) is 0 Å². The molecule has 2 atom stereocenters. The first-order chi connectivity index (χ1) is 21.5. The third-order valence-corrected chi connectivity index (χ3v) is 9.55. The Hall–Kier alpha value is -3.57. The molecule has 45 heavy (non-hydrogen) atoms. The Labute approximate surface area is 271 Å². The number of fused-ring (bicyclic) bond motifs is 1. The maximum absolute atomic E-state index is 15.6. The topological polar surface area (TPSA) is 85.8 Å². The van der Waals surface area contributed by atoms with Gasteiger partial charge in [0.15, 0.2) is 6.73 Å². The average molecular weight is 658 g/mol. The van der Waals surface area contributed by atoms with Crippen LogP contribution in [-0.2, 0) is 11.3 Å². The molecule has 3 heterocycles. The van der Waals surface area contributed by atoms with E-state index < -0.39 is 11.8 Å². The third-order valence-electron chi connectivity index (χ3n) is 8.95. The van der Waals surface area contributed by atoms with Crippen molar-refractivity contribution in [2.45, 2.75) is 32.0 Å². The van der Waals surface area contributed by atoms with Crippen LogP contribution in [0.3, 0.4) is 0 Å². The molecular formula is C33H35Cl2FN4O5. The largest absolute Gasteiger partial charge is 0.478 e. The van der Waals surface area contributed by atoms with Gasteiger partial charge in [0.05, 0.1) is 46.1 Å². The Bertz CT molecular complexity index is 1630. The lowest BCUT2D eigenvalue weighted by atomic mass is 9.96. The second-order valence-corrected chi connectivity index (χ2v) is 12.8. The minimum atomic E-state index is -1.22. The van der Waals surface area contributed by atoms with Gasteiger partial charge >= 0.3 is 5.97 Å². The predicted octanol–water partition coefficient (Wildman–Crippen LogP) is 5.86. The monoisotopic (exact) mass is 656 g/mol. The zero-order valence-electron chi connectivity index (χ0n) is 25.4. The molecule has 6 rings (SSSR count). The summed E-state index contributed by atoms with van der Waals surface area (Å²) in [5.41, 5.74) is 2.67. The minimum absolute atomic E-state index is 0.0282. The van der Waals surface area contributed by atoms with E-state index in [-0.39, 0.29) is 58.0 Å². The van der Waals surface area contributed by atoms with Gasteiger partial charge in [0, 0.05) is 61.7 Å². The molecule has 0 unspecified atom stereocenters. The lowest BCUT2D eigenvalue weighted by molar-refractivity contribution is 0.0516. The molecule has 3 aliphatic rings. The average Bonchev–Trinajstić information content (AvgIpc) is 3.55. The molecule has 9 nitrogen and oxygen atoms in total. The van der Waals surface area contributed by atoms with Gasteiger partial charge in [0.2, 0.25) is 0 Å². The summed E-state index contributed by atoms with van der Waals surface area (Å²) in [6.07, 6.45) is 0.738. The second kappa shape index (κ2) is 12.7. The number of nitrogens with zero attached hydrogens (tertiary/aromatic N) is 4. The molecule has 3 aliphatic heterocycles. The van der Waals surface area contributed by atoms with E-state index in [0.717, 1.165) is 37.8 Å². The van der Waals surface area contributed by atoms with Crippen LogP contribution in [-0.4, -0.2) is 92.5 Å². The van der Waals surface area contributed by atoms with E-state index in [1.165, 1.54) is 4.90 Å². The van der Waals surface area contributed by atoms with Crippen molar-refractivity contribution in [3.05, 3.63) is 75.0 Å². The Morgan fingerprint density at radius 1 is 1.09 bits per heavy atom. The molecular weight excluding hydrogens is 622 g/mol. The van der Waals surface area contributed by atoms with Crippen LogP contribution in [0.25, 0.3) is 11.1 Å². The van der Waals surface area contributed by atoms with Crippen LogP contribution in [0.15, 0.2) is 42.5 Å². The number of para-hydroxylation sites is 1. The smallest absolute Gasteiger partial charge is 0.337 e. The Kier molecular flexibility index (Phi) is 8.85. The number of carbonyl (C=O) groups excluding carboxylic acids is 1. The summed E-state index contributed by atoms with van der Waals surface area (Å²) in [4.78, 5) is 33.6. The Balaban J connectivity index is 1.28. The van der Waals surface area contributed by atoms with E-state index in [4.69, 9.17) is 32.7 Å². The fourth-order valence-electron chi connectivity index (χ4n) is 6.48. The number of ether oxygens (including phenoxy) is 2. The molecule has 12 heteroatoms. The maximum Gasteiger partial charge on any atom is 0.337 e. The number of anilines is 2. The number of benzene rings is 3. The predicted molar refractivity (Wildman–Crippen MR) is 173 cm³/mol. The molecule has 0 aliphatic carbocycles. The van der Waals surface area contributed by atoms with Crippen LogP contribution in [0.5, 0.6) is 5.75 Å². The van der Waals surface area contributed by atoms with E-state index in [9.17, 15) is 14.7 Å². The highest BCUT2D eigenvalue weighted by Gasteiger charge is 2.31. The SMILES string of the molecule is C[C@@H]1CN(C)CCN1c1cc(Cl)c(C(=O)N2COc3c(cccc3-c3cc(N(C)[C@@H]4CCOC4)c(C(=O)O)cc3F)C2)c(Cl)c1. The summed E-state index contributed by atoms with van der Waals surface area (Å²) in [7, 11) is 3.88. The van der Waals surface area contributed by atoms with Crippen molar-refractivity contribution in [3.63, 3.8) is 0 Å². The first-order valence-corrected chi connectivity index (χ1v) is 15.6. The fourth-order valence-corrected chi connectivity index (χ4v) is 7.12. The number of amides is 1. The molecule has 238 valence electrons. The van der Waals surface area contributed by atoms with Crippen molar-refractivity contribution in [3.8, 4) is 16.9 Å². The molecule has 0 radical (unpaired) electrons. The van der Waals surface area contributed by atoms with Gasteiger partial charge < -0.3 is 34.2 Å². The standard InChI is InChI=1S/C33H35Cl2FN4O5/c1-19-15-37(2)8-9-40(19)22-11-26(34)30(27(35)12-22)32(41)39-16-20-5-4-6-23(31(20)45-18-39)24-14-29(25(33(42)43)13-28(24)36)38(3)21-7-10-44-17-21/h4-6,11-14,19,21H,7-10,15-18H2,1-3H3,(H,42,43)/t19-,21-/m1/s1. The normalized spacial score (nSPS) is 20.1. The van der Waals surface area contributed by atoms with E-state index in [1.54, 1.807) is 37.4 Å². The number of carbonyl (C=O) groups is 2. The number of carboxylic acids is 1. The van der Waals surface area contributed by atoms with Crippen molar-refractivity contribution < 1.29 is 28.6 Å². The Morgan fingerprint density at radius 3 is 2.51 bits per heavy atom. The van der Waals surface area contributed by atoms with Gasteiger partial charge in [-0.25, -0.2) is 9.18 Å². The van der Waals surface area contributed by atoms with Crippen LogP contribution in [0.4, 0.5) is 15.8 Å². The first-order valence-electron chi connectivity index (χ1n) is 14.9. The summed E-state index contributed by atoms with van der Waals surface area (Å²) >= 11 is 13.4. The molecule has 3 aromatic rings. The first kappa shape index (κ1) is 31.4. The number of carboxylic acid groups (broad SMARTS) is 1. The van der Waals surface area contributed by atoms with Gasteiger partial charge in [0.25, 0.3) is 5.91 Å². The van der Waals surface area contributed by atoms with Gasteiger partial charge in [-0.1, -0.05) is 41.4 Å². The molecule has 3 aromatic carbocycles. The van der Waals surface area contributed by atoms with Crippen LogP contribution >= 0.6 is 23.2 Å². The van der Waals surface area contributed by atoms with Crippen LogP contribution in [0, 0.1) is 5.82 Å². The number of piperazine rings is 1. The quantitative estimate of drug-likeness (QED) is 0.353. The maximum atomic E-state index is 15.6.